The number of halogens is 3. The third-order valence-corrected chi connectivity index (χ3v) is 2.42. The van der Waals surface area contributed by atoms with Crippen molar-refractivity contribution >= 4 is 0 Å². The van der Waals surface area contributed by atoms with E-state index in [0.29, 0.717) is 6.07 Å². The summed E-state index contributed by atoms with van der Waals surface area (Å²) in [6.07, 6.45) is 0. The van der Waals surface area contributed by atoms with Gasteiger partial charge in [0.2, 0.25) is 5.82 Å². The fourth-order valence-corrected chi connectivity index (χ4v) is 1.58. The van der Waals surface area contributed by atoms with Gasteiger partial charge in [-0.05, 0) is 18.2 Å². The highest BCUT2D eigenvalue weighted by molar-refractivity contribution is 5.77. The average molecular weight is 256 g/mol. The molecule has 0 aliphatic rings. The molecule has 18 heavy (non-hydrogen) atoms. The molecule has 94 valence electrons. The number of hydrogen-bond acceptors (Lipinski definition) is 3. The van der Waals surface area contributed by atoms with Crippen molar-refractivity contribution in [2.24, 2.45) is 0 Å². The molecule has 0 aliphatic carbocycles. The van der Waals surface area contributed by atoms with E-state index in [1.54, 1.807) is 0 Å². The van der Waals surface area contributed by atoms with Gasteiger partial charge >= 0.3 is 0 Å². The topological polar surface area (TPSA) is 60.7 Å². The summed E-state index contributed by atoms with van der Waals surface area (Å²) in [5, 5.41) is 28.0. The lowest BCUT2D eigenvalue weighted by Crippen LogP contribution is -1.94. The van der Waals surface area contributed by atoms with Crippen molar-refractivity contribution in [1.29, 1.82) is 0 Å². The summed E-state index contributed by atoms with van der Waals surface area (Å²) < 4.78 is 39.6. The van der Waals surface area contributed by atoms with Crippen molar-refractivity contribution in [3.63, 3.8) is 0 Å². The zero-order valence-corrected chi connectivity index (χ0v) is 8.78. The van der Waals surface area contributed by atoms with E-state index in [2.05, 4.69) is 0 Å². The van der Waals surface area contributed by atoms with Crippen LogP contribution < -0.4 is 0 Å². The summed E-state index contributed by atoms with van der Waals surface area (Å²) in [5.74, 6) is -7.25. The van der Waals surface area contributed by atoms with Gasteiger partial charge in [-0.25, -0.2) is 8.78 Å². The molecule has 0 amide bonds. The van der Waals surface area contributed by atoms with Gasteiger partial charge in [0.05, 0.1) is 5.56 Å². The van der Waals surface area contributed by atoms with Gasteiger partial charge in [0, 0.05) is 5.56 Å². The van der Waals surface area contributed by atoms with Crippen molar-refractivity contribution in [2.45, 2.75) is 0 Å². The minimum Gasteiger partial charge on any atom is -0.507 e. The predicted molar refractivity (Wildman–Crippen MR) is 56.7 cm³/mol. The van der Waals surface area contributed by atoms with Crippen molar-refractivity contribution in [2.75, 3.05) is 0 Å². The zero-order valence-electron chi connectivity index (χ0n) is 8.78. The number of phenols is 3. The molecule has 0 heterocycles. The Labute approximate surface area is 99.4 Å². The van der Waals surface area contributed by atoms with Crippen molar-refractivity contribution in [3.8, 4) is 28.4 Å². The van der Waals surface area contributed by atoms with Crippen LogP contribution in [-0.2, 0) is 0 Å². The molecule has 0 spiro atoms. The maximum atomic E-state index is 13.6. The maximum absolute atomic E-state index is 13.6. The van der Waals surface area contributed by atoms with Crippen molar-refractivity contribution in [3.05, 3.63) is 41.7 Å². The van der Waals surface area contributed by atoms with Crippen LogP contribution in [0.25, 0.3) is 11.1 Å². The first-order valence-corrected chi connectivity index (χ1v) is 4.81. The largest absolute Gasteiger partial charge is 0.507 e. The molecule has 3 N–H and O–H groups in total. The van der Waals surface area contributed by atoms with Gasteiger partial charge in [-0.1, -0.05) is 6.07 Å². The fourth-order valence-electron chi connectivity index (χ4n) is 1.58. The Morgan fingerprint density at radius 3 is 1.94 bits per heavy atom. The molecular formula is C12H7F3O3. The van der Waals surface area contributed by atoms with E-state index in [1.165, 1.54) is 6.07 Å². The summed E-state index contributed by atoms with van der Waals surface area (Å²) in [6, 6.07) is 3.99. The first kappa shape index (κ1) is 12.1. The SMILES string of the molecule is Oc1cccc(O)c1-c1cc(F)c(F)c(O)c1F. The molecule has 2 aromatic rings. The Morgan fingerprint density at radius 1 is 0.833 bits per heavy atom. The molecular weight excluding hydrogens is 249 g/mol. The average Bonchev–Trinajstić information content (AvgIpc) is 2.32. The number of benzene rings is 2. The lowest BCUT2D eigenvalue weighted by Gasteiger charge is -2.10. The normalized spacial score (nSPS) is 10.6. The number of phenolic OH excluding ortho intramolecular Hbond substituents is 3. The molecule has 0 unspecified atom stereocenters. The van der Waals surface area contributed by atoms with E-state index in [-0.39, 0.29) is 0 Å². The van der Waals surface area contributed by atoms with Gasteiger partial charge in [-0.2, -0.15) is 4.39 Å². The summed E-state index contributed by atoms with van der Waals surface area (Å²) in [6.45, 7) is 0. The van der Waals surface area contributed by atoms with Crippen molar-refractivity contribution in [1.82, 2.24) is 0 Å². The molecule has 0 fully saturated rings. The van der Waals surface area contributed by atoms with Crippen molar-refractivity contribution < 1.29 is 28.5 Å². The highest BCUT2D eigenvalue weighted by atomic mass is 19.2. The van der Waals surface area contributed by atoms with E-state index in [9.17, 15) is 23.4 Å². The Kier molecular flexibility index (Phi) is 2.78. The fraction of sp³-hybridized carbons (Fsp3) is 0. The summed E-state index contributed by atoms with van der Waals surface area (Å²) in [7, 11) is 0. The van der Waals surface area contributed by atoms with Crippen LogP contribution in [0.3, 0.4) is 0 Å². The van der Waals surface area contributed by atoms with E-state index in [1.807, 2.05) is 0 Å². The van der Waals surface area contributed by atoms with Crippen LogP contribution in [0.2, 0.25) is 0 Å². The van der Waals surface area contributed by atoms with Crippen LogP contribution in [0, 0.1) is 17.5 Å². The lowest BCUT2D eigenvalue weighted by molar-refractivity contribution is 0.377. The molecule has 2 aromatic carbocycles. The molecule has 0 aromatic heterocycles. The molecule has 2 rings (SSSR count). The van der Waals surface area contributed by atoms with E-state index in [4.69, 9.17) is 5.11 Å². The monoisotopic (exact) mass is 256 g/mol. The summed E-state index contributed by atoms with van der Waals surface area (Å²) in [4.78, 5) is 0. The third kappa shape index (κ3) is 1.71. The Hall–Kier alpha value is -2.37. The molecule has 3 nitrogen and oxygen atoms in total. The number of hydrogen-bond donors (Lipinski definition) is 3. The van der Waals surface area contributed by atoms with Gasteiger partial charge in [-0.3, -0.25) is 0 Å². The molecule has 0 aliphatic heterocycles. The first-order valence-electron chi connectivity index (χ1n) is 4.81. The smallest absolute Gasteiger partial charge is 0.203 e. The van der Waals surface area contributed by atoms with Crippen LogP contribution in [0.15, 0.2) is 24.3 Å². The lowest BCUT2D eigenvalue weighted by atomic mass is 10.0. The van der Waals surface area contributed by atoms with Crippen LogP contribution in [0.5, 0.6) is 17.2 Å². The first-order chi connectivity index (χ1) is 8.43. The van der Waals surface area contributed by atoms with Crippen LogP contribution >= 0.6 is 0 Å². The van der Waals surface area contributed by atoms with E-state index in [0.717, 1.165) is 12.1 Å². The quantitative estimate of drug-likeness (QED) is 0.687. The molecule has 6 heteroatoms. The van der Waals surface area contributed by atoms with Gasteiger partial charge in [0.15, 0.2) is 17.4 Å². The Morgan fingerprint density at radius 2 is 1.39 bits per heavy atom. The highest BCUT2D eigenvalue weighted by Gasteiger charge is 2.22. The number of rotatable bonds is 1. The zero-order chi connectivity index (χ0) is 13.4. The Bertz CT molecular complexity index is 606. The minimum absolute atomic E-state index is 0.427. The highest BCUT2D eigenvalue weighted by Crippen LogP contribution is 2.41. The third-order valence-electron chi connectivity index (χ3n) is 2.42. The van der Waals surface area contributed by atoms with E-state index < -0.39 is 45.8 Å². The standard InChI is InChI=1S/C12H7F3O3/c13-6-4-5(10(14)12(18)11(6)15)9-7(16)2-1-3-8(9)17/h1-4,16-18H. The number of aromatic hydroxyl groups is 3. The second-order valence-electron chi connectivity index (χ2n) is 3.55. The molecule has 0 atom stereocenters. The minimum atomic E-state index is -1.73. The molecule has 0 saturated carbocycles. The van der Waals surface area contributed by atoms with Crippen LogP contribution in [-0.4, -0.2) is 15.3 Å². The summed E-state index contributed by atoms with van der Waals surface area (Å²) >= 11 is 0. The second kappa shape index (κ2) is 4.14. The van der Waals surface area contributed by atoms with Gasteiger partial charge in [-0.15, -0.1) is 0 Å². The van der Waals surface area contributed by atoms with Gasteiger partial charge < -0.3 is 15.3 Å². The second-order valence-corrected chi connectivity index (χ2v) is 3.55. The van der Waals surface area contributed by atoms with E-state index >= 15 is 0 Å². The van der Waals surface area contributed by atoms with Crippen LogP contribution in [0.4, 0.5) is 13.2 Å². The summed E-state index contributed by atoms with van der Waals surface area (Å²) in [5.41, 5.74) is -1.06. The molecule has 0 radical (unpaired) electrons. The van der Waals surface area contributed by atoms with Gasteiger partial charge in [0.1, 0.15) is 11.5 Å². The van der Waals surface area contributed by atoms with Gasteiger partial charge in [0.25, 0.3) is 0 Å². The molecule has 0 bridgehead atoms. The van der Waals surface area contributed by atoms with Crippen LogP contribution in [0.1, 0.15) is 0 Å². The molecule has 0 saturated heterocycles. The predicted octanol–water partition coefficient (Wildman–Crippen LogP) is 2.89. The maximum Gasteiger partial charge on any atom is 0.203 e. The Balaban J connectivity index is 2.80.